The number of piperidine rings is 3. The van der Waals surface area contributed by atoms with E-state index in [1.165, 1.54) is 103 Å². The molecule has 0 aromatic rings. The Balaban J connectivity index is 1.37. The Morgan fingerprint density at radius 2 is 1.46 bits per heavy atom. The molecule has 0 amide bonds. The summed E-state index contributed by atoms with van der Waals surface area (Å²) in [6.07, 6.45) is 18.6. The molecule has 138 valence electrons. The van der Waals surface area contributed by atoms with E-state index in [1.54, 1.807) is 0 Å². The molecule has 1 unspecified atom stereocenters. The van der Waals surface area contributed by atoms with Gasteiger partial charge in [-0.15, -0.1) is 0 Å². The van der Waals surface area contributed by atoms with Crippen LogP contribution in [0, 0.1) is 16.7 Å². The molecule has 4 aliphatic heterocycles. The summed E-state index contributed by atoms with van der Waals surface area (Å²) >= 11 is 0. The van der Waals surface area contributed by atoms with Gasteiger partial charge >= 0.3 is 0 Å². The standard InChI is InChI=1S/C22H40N2/c1-3-7-21(8-4-2)9-11-22(12-10-21)13-16-24(18-22)20-17-19-5-14-23(20)15-6-19/h19-20H,3-18H2,1-2H3. The monoisotopic (exact) mass is 332 g/mol. The fourth-order valence-electron chi connectivity index (χ4n) is 6.94. The lowest BCUT2D eigenvalue weighted by molar-refractivity contribution is -0.0422. The highest BCUT2D eigenvalue weighted by molar-refractivity contribution is 5.00. The van der Waals surface area contributed by atoms with Crippen LogP contribution in [-0.2, 0) is 0 Å². The van der Waals surface area contributed by atoms with E-state index in [-0.39, 0.29) is 0 Å². The van der Waals surface area contributed by atoms with Crippen molar-refractivity contribution in [1.29, 1.82) is 0 Å². The Hall–Kier alpha value is -0.0800. The molecule has 0 radical (unpaired) electrons. The lowest BCUT2D eigenvalue weighted by Crippen LogP contribution is -2.56. The van der Waals surface area contributed by atoms with Gasteiger partial charge in [0.2, 0.25) is 0 Å². The Kier molecular flexibility index (Phi) is 4.99. The first-order valence-corrected chi connectivity index (χ1v) is 11.2. The first-order chi connectivity index (χ1) is 11.7. The second-order valence-electron chi connectivity index (χ2n) is 9.92. The van der Waals surface area contributed by atoms with Crippen LogP contribution in [0.5, 0.6) is 0 Å². The van der Waals surface area contributed by atoms with Crippen molar-refractivity contribution in [1.82, 2.24) is 9.80 Å². The van der Waals surface area contributed by atoms with Crippen molar-refractivity contribution in [3.63, 3.8) is 0 Å². The fraction of sp³-hybridized carbons (Fsp3) is 1.00. The molecule has 1 aliphatic carbocycles. The summed E-state index contributed by atoms with van der Waals surface area (Å²) in [4.78, 5) is 5.73. The van der Waals surface area contributed by atoms with Crippen LogP contribution in [0.3, 0.4) is 0 Å². The summed E-state index contributed by atoms with van der Waals surface area (Å²) in [6.45, 7) is 10.4. The molecule has 24 heavy (non-hydrogen) atoms. The summed E-state index contributed by atoms with van der Waals surface area (Å²) in [7, 11) is 0. The molecule has 4 heterocycles. The van der Waals surface area contributed by atoms with Crippen LogP contribution in [0.25, 0.3) is 0 Å². The van der Waals surface area contributed by atoms with Gasteiger partial charge in [-0.2, -0.15) is 0 Å². The number of nitrogens with zero attached hydrogens (tertiary/aromatic N) is 2. The third-order valence-electron chi connectivity index (χ3n) is 8.44. The van der Waals surface area contributed by atoms with Gasteiger partial charge in [0.1, 0.15) is 0 Å². The van der Waals surface area contributed by atoms with Gasteiger partial charge in [0, 0.05) is 13.1 Å². The van der Waals surface area contributed by atoms with Crippen LogP contribution in [0.15, 0.2) is 0 Å². The Bertz CT molecular complexity index is 408. The molecule has 1 atom stereocenters. The molecular weight excluding hydrogens is 292 g/mol. The molecule has 5 rings (SSSR count). The van der Waals surface area contributed by atoms with Crippen molar-refractivity contribution in [2.24, 2.45) is 16.7 Å². The Morgan fingerprint density at radius 1 is 0.792 bits per heavy atom. The van der Waals surface area contributed by atoms with E-state index >= 15 is 0 Å². The normalized spacial score (nSPS) is 38.0. The fourth-order valence-corrected chi connectivity index (χ4v) is 6.94. The van der Waals surface area contributed by atoms with Gasteiger partial charge in [-0.3, -0.25) is 9.80 Å². The molecule has 5 aliphatic rings. The summed E-state index contributed by atoms with van der Waals surface area (Å²) in [5.41, 5.74) is 1.42. The number of hydrogen-bond donors (Lipinski definition) is 0. The molecule has 0 aromatic heterocycles. The highest BCUT2D eigenvalue weighted by Gasteiger charge is 2.48. The van der Waals surface area contributed by atoms with E-state index in [2.05, 4.69) is 23.6 Å². The summed E-state index contributed by atoms with van der Waals surface area (Å²) < 4.78 is 0. The first-order valence-electron chi connectivity index (χ1n) is 11.2. The van der Waals surface area contributed by atoms with Crippen LogP contribution < -0.4 is 0 Å². The molecule has 0 N–H and O–H groups in total. The van der Waals surface area contributed by atoms with Crippen molar-refractivity contribution in [3.05, 3.63) is 0 Å². The minimum Gasteiger partial charge on any atom is -0.288 e. The zero-order chi connectivity index (χ0) is 16.6. The second kappa shape index (κ2) is 6.91. The topological polar surface area (TPSA) is 6.48 Å². The van der Waals surface area contributed by atoms with Crippen LogP contribution in [0.1, 0.15) is 90.9 Å². The Morgan fingerprint density at radius 3 is 2.00 bits per heavy atom. The predicted molar refractivity (Wildman–Crippen MR) is 102 cm³/mol. The van der Waals surface area contributed by atoms with Crippen LogP contribution in [0.2, 0.25) is 0 Å². The summed E-state index contributed by atoms with van der Waals surface area (Å²) in [5, 5.41) is 0. The maximum Gasteiger partial charge on any atom is 0.0625 e. The second-order valence-corrected chi connectivity index (χ2v) is 9.92. The molecule has 1 saturated carbocycles. The highest BCUT2D eigenvalue weighted by atomic mass is 15.4. The van der Waals surface area contributed by atoms with Crippen molar-refractivity contribution in [2.75, 3.05) is 26.2 Å². The van der Waals surface area contributed by atoms with E-state index in [0.29, 0.717) is 5.41 Å². The van der Waals surface area contributed by atoms with Crippen LogP contribution in [0.4, 0.5) is 0 Å². The molecule has 0 aromatic carbocycles. The van der Waals surface area contributed by atoms with Crippen LogP contribution >= 0.6 is 0 Å². The van der Waals surface area contributed by atoms with Crippen molar-refractivity contribution < 1.29 is 0 Å². The lowest BCUT2D eigenvalue weighted by atomic mass is 9.60. The molecule has 5 fully saturated rings. The minimum atomic E-state index is 0.697. The minimum absolute atomic E-state index is 0.697. The third-order valence-corrected chi connectivity index (χ3v) is 8.44. The van der Waals surface area contributed by atoms with E-state index in [1.807, 2.05) is 0 Å². The Labute approximate surface area is 150 Å². The van der Waals surface area contributed by atoms with Gasteiger partial charge in [-0.1, -0.05) is 26.7 Å². The average molecular weight is 333 g/mol. The van der Waals surface area contributed by atoms with Crippen LogP contribution in [-0.4, -0.2) is 42.1 Å². The van der Waals surface area contributed by atoms with Gasteiger partial charge in [-0.05, 0) is 94.0 Å². The lowest BCUT2D eigenvalue weighted by Gasteiger charge is -2.50. The number of likely N-dealkylation sites (tertiary alicyclic amines) is 1. The SMILES string of the molecule is CCCC1(CCC)CCC2(CCN(C3CC4CCN3CC4)C2)CC1. The van der Waals surface area contributed by atoms with Gasteiger partial charge in [0.25, 0.3) is 0 Å². The van der Waals surface area contributed by atoms with E-state index < -0.39 is 0 Å². The average Bonchev–Trinajstić information content (AvgIpc) is 3.04. The van der Waals surface area contributed by atoms with Crippen molar-refractivity contribution >= 4 is 0 Å². The zero-order valence-corrected chi connectivity index (χ0v) is 16.4. The molecule has 1 spiro atoms. The zero-order valence-electron chi connectivity index (χ0n) is 16.4. The van der Waals surface area contributed by atoms with Gasteiger partial charge < -0.3 is 0 Å². The number of hydrogen-bond acceptors (Lipinski definition) is 2. The van der Waals surface area contributed by atoms with Gasteiger partial charge in [0.05, 0.1) is 6.17 Å². The first kappa shape index (κ1) is 17.3. The third kappa shape index (κ3) is 3.18. The molecule has 2 bridgehead atoms. The smallest absolute Gasteiger partial charge is 0.0625 e. The van der Waals surface area contributed by atoms with E-state index in [4.69, 9.17) is 0 Å². The van der Waals surface area contributed by atoms with E-state index in [0.717, 1.165) is 17.5 Å². The van der Waals surface area contributed by atoms with E-state index in [9.17, 15) is 0 Å². The molecule has 4 saturated heterocycles. The molecule has 2 heteroatoms. The maximum absolute atomic E-state index is 2.91. The van der Waals surface area contributed by atoms with Gasteiger partial charge in [-0.25, -0.2) is 0 Å². The molecule has 2 nitrogen and oxygen atoms in total. The maximum atomic E-state index is 2.91. The highest BCUT2D eigenvalue weighted by Crippen LogP contribution is 2.54. The van der Waals surface area contributed by atoms with Gasteiger partial charge in [0.15, 0.2) is 0 Å². The summed E-state index contributed by atoms with van der Waals surface area (Å²) in [5.74, 6) is 1.05. The summed E-state index contributed by atoms with van der Waals surface area (Å²) in [6, 6.07) is 0. The predicted octanol–water partition coefficient (Wildman–Crippen LogP) is 5.28. The molecular formula is C22H40N2. The van der Waals surface area contributed by atoms with Crippen molar-refractivity contribution in [3.8, 4) is 0 Å². The number of rotatable bonds is 5. The van der Waals surface area contributed by atoms with Crippen molar-refractivity contribution in [2.45, 2.75) is 97.1 Å². The quantitative estimate of drug-likeness (QED) is 0.675. The number of fused-ring (bicyclic) bond motifs is 3. The largest absolute Gasteiger partial charge is 0.288 e.